The summed E-state index contributed by atoms with van der Waals surface area (Å²) < 4.78 is 3.81. The van der Waals surface area contributed by atoms with Gasteiger partial charge in [-0.1, -0.05) is 17.8 Å². The molecule has 0 bridgehead atoms. The van der Waals surface area contributed by atoms with Crippen LogP contribution in [0.1, 0.15) is 24.7 Å². The monoisotopic (exact) mass is 461 g/mol. The number of fused-ring (bicyclic) bond motifs is 1. The number of allylic oxidation sites excluding steroid dienone is 1. The maximum Gasteiger partial charge on any atom is 0.353 e. The molecule has 4 heterocycles. The first-order valence-electron chi connectivity index (χ1n) is 9.01. The largest absolute Gasteiger partial charge is 0.477 e. The Labute approximate surface area is 183 Å². The molecule has 2 aliphatic rings. The zero-order valence-electron chi connectivity index (χ0n) is 15.7. The maximum atomic E-state index is 12.7. The summed E-state index contributed by atoms with van der Waals surface area (Å²) in [6.45, 7) is 0. The predicted molar refractivity (Wildman–Crippen MR) is 109 cm³/mol. The Morgan fingerprint density at radius 3 is 2.84 bits per heavy atom. The van der Waals surface area contributed by atoms with Crippen LogP contribution in [0, 0.1) is 4.91 Å². The van der Waals surface area contributed by atoms with Crippen LogP contribution in [0.15, 0.2) is 45.2 Å². The summed E-state index contributed by atoms with van der Waals surface area (Å²) >= 11 is 2.00. The SMILES string of the molecule is Nc1nc(C(N=O)C(=O)N[C@@H]2C(=O)N3C(C(=O)O)=C(Sc4ccccn4)CCC23)ns1. The number of carbonyl (C=O) groups is 3. The Balaban J connectivity index is 1.51. The fraction of sp³-hybridized carbons (Fsp3) is 0.294. The third kappa shape index (κ3) is 3.86. The van der Waals surface area contributed by atoms with Crippen LogP contribution in [-0.2, 0) is 14.4 Å². The van der Waals surface area contributed by atoms with E-state index in [9.17, 15) is 24.4 Å². The number of amides is 2. The van der Waals surface area contributed by atoms with E-state index in [1.165, 1.54) is 16.7 Å². The first-order chi connectivity index (χ1) is 14.9. The number of rotatable bonds is 7. The smallest absolute Gasteiger partial charge is 0.353 e. The average Bonchev–Trinajstić information content (AvgIpc) is 3.18. The minimum absolute atomic E-state index is 0.0730. The number of thioether (sulfide) groups is 1. The molecule has 0 radical (unpaired) electrons. The van der Waals surface area contributed by atoms with Crippen LogP contribution >= 0.6 is 23.3 Å². The topological polar surface area (TPSA) is 181 Å². The van der Waals surface area contributed by atoms with Crippen LogP contribution in [0.5, 0.6) is 0 Å². The quantitative estimate of drug-likeness (QED) is 0.396. The number of nitrogens with two attached hydrogens (primary N) is 1. The van der Waals surface area contributed by atoms with Crippen molar-refractivity contribution in [3.63, 3.8) is 0 Å². The van der Waals surface area contributed by atoms with Crippen LogP contribution in [0.25, 0.3) is 0 Å². The molecular weight excluding hydrogens is 446 g/mol. The molecule has 14 heteroatoms. The fourth-order valence-electron chi connectivity index (χ4n) is 3.46. The molecule has 2 unspecified atom stereocenters. The number of aliphatic carboxylic acids is 1. The minimum Gasteiger partial charge on any atom is -0.477 e. The summed E-state index contributed by atoms with van der Waals surface area (Å²) in [5, 5.41) is 15.6. The summed E-state index contributed by atoms with van der Waals surface area (Å²) in [5.41, 5.74) is 5.35. The summed E-state index contributed by atoms with van der Waals surface area (Å²) in [7, 11) is 0. The summed E-state index contributed by atoms with van der Waals surface area (Å²) in [4.78, 5) is 57.9. The second-order valence-electron chi connectivity index (χ2n) is 6.65. The third-order valence-electron chi connectivity index (χ3n) is 4.81. The van der Waals surface area contributed by atoms with Crippen LogP contribution in [-0.4, -0.2) is 54.2 Å². The molecule has 3 atom stereocenters. The zero-order valence-corrected chi connectivity index (χ0v) is 17.3. The molecule has 2 aromatic rings. The van der Waals surface area contributed by atoms with E-state index in [0.717, 1.165) is 11.5 Å². The van der Waals surface area contributed by atoms with Gasteiger partial charge in [0.15, 0.2) is 11.0 Å². The van der Waals surface area contributed by atoms with Gasteiger partial charge in [-0.25, -0.2) is 14.8 Å². The highest BCUT2D eigenvalue weighted by Gasteiger charge is 2.54. The lowest BCUT2D eigenvalue weighted by Gasteiger charge is -2.50. The van der Waals surface area contributed by atoms with Crippen molar-refractivity contribution >= 4 is 46.2 Å². The van der Waals surface area contributed by atoms with Gasteiger partial charge in [0, 0.05) is 22.6 Å². The molecule has 0 aromatic carbocycles. The number of carbonyl (C=O) groups excluding carboxylic acids is 2. The van der Waals surface area contributed by atoms with Crippen LogP contribution < -0.4 is 11.1 Å². The zero-order chi connectivity index (χ0) is 22.1. The molecule has 0 spiro atoms. The number of pyridine rings is 1. The third-order valence-corrected chi connectivity index (χ3v) is 6.46. The molecule has 0 saturated carbocycles. The van der Waals surface area contributed by atoms with Gasteiger partial charge in [-0.05, 0) is 30.2 Å². The van der Waals surface area contributed by atoms with Gasteiger partial charge in [0.2, 0.25) is 6.04 Å². The summed E-state index contributed by atoms with van der Waals surface area (Å²) in [5.74, 6) is -2.82. The molecule has 4 rings (SSSR count). The van der Waals surface area contributed by atoms with Crippen molar-refractivity contribution in [2.24, 2.45) is 5.18 Å². The van der Waals surface area contributed by atoms with Crippen molar-refractivity contribution in [3.8, 4) is 0 Å². The minimum atomic E-state index is -1.55. The van der Waals surface area contributed by atoms with Gasteiger partial charge >= 0.3 is 5.97 Å². The van der Waals surface area contributed by atoms with E-state index in [-0.39, 0.29) is 16.7 Å². The van der Waals surface area contributed by atoms with Gasteiger partial charge in [0.05, 0.1) is 6.04 Å². The molecular formula is C17H15N7O5S2. The average molecular weight is 461 g/mol. The highest BCUT2D eigenvalue weighted by Crippen LogP contribution is 2.42. The number of carboxylic acid groups (broad SMARTS) is 1. The van der Waals surface area contributed by atoms with Gasteiger partial charge in [0.25, 0.3) is 11.8 Å². The van der Waals surface area contributed by atoms with Crippen LogP contribution in [0.3, 0.4) is 0 Å². The van der Waals surface area contributed by atoms with E-state index in [0.29, 0.717) is 22.8 Å². The van der Waals surface area contributed by atoms with Crippen molar-refractivity contribution in [2.75, 3.05) is 5.73 Å². The van der Waals surface area contributed by atoms with E-state index in [2.05, 4.69) is 24.8 Å². The standard InChI is InChI=1S/C17H15N7O5S2/c18-17-21-13(23-31-17)11(22-29)14(25)20-10-7-4-5-8(30-9-3-1-2-6-19-9)12(16(27)28)24(7)15(10)26/h1-3,6-7,10-11H,4-5H2,(H,20,25)(H,27,28)(H2,18,21,23)/t7?,10-,11?/m0/s1. The van der Waals surface area contributed by atoms with Crippen LogP contribution in [0.2, 0.25) is 0 Å². The maximum absolute atomic E-state index is 12.7. The van der Waals surface area contributed by atoms with Gasteiger partial charge in [-0.2, -0.15) is 4.37 Å². The molecule has 4 N–H and O–H groups in total. The van der Waals surface area contributed by atoms with Crippen molar-refractivity contribution in [3.05, 3.63) is 45.7 Å². The number of anilines is 1. The summed E-state index contributed by atoms with van der Waals surface area (Å²) in [6.07, 6.45) is 2.42. The second-order valence-corrected chi connectivity index (χ2v) is 8.54. The summed E-state index contributed by atoms with van der Waals surface area (Å²) in [6, 6.07) is 2.21. The first-order valence-corrected chi connectivity index (χ1v) is 10.6. The first kappa shape index (κ1) is 20.9. The van der Waals surface area contributed by atoms with E-state index in [1.807, 2.05) is 0 Å². The number of nitroso groups, excluding NO2 is 1. The van der Waals surface area contributed by atoms with Crippen molar-refractivity contribution < 1.29 is 19.5 Å². The second kappa shape index (κ2) is 8.39. The molecule has 2 amide bonds. The van der Waals surface area contributed by atoms with Crippen molar-refractivity contribution in [1.82, 2.24) is 24.6 Å². The Bertz CT molecular complexity index is 1090. The molecule has 160 valence electrons. The Hall–Kier alpha value is -3.39. The Morgan fingerprint density at radius 2 is 2.23 bits per heavy atom. The number of aromatic nitrogens is 3. The molecule has 31 heavy (non-hydrogen) atoms. The fourth-order valence-corrected chi connectivity index (χ4v) is 4.94. The molecule has 12 nitrogen and oxygen atoms in total. The van der Waals surface area contributed by atoms with E-state index in [4.69, 9.17) is 5.73 Å². The highest BCUT2D eigenvalue weighted by molar-refractivity contribution is 8.03. The number of hydrogen-bond acceptors (Lipinski definition) is 11. The lowest BCUT2D eigenvalue weighted by Crippen LogP contribution is -2.71. The lowest BCUT2D eigenvalue weighted by molar-refractivity contribution is -0.156. The normalized spacial score (nSPS) is 21.2. The predicted octanol–water partition coefficient (Wildman–Crippen LogP) is 0.901. The van der Waals surface area contributed by atoms with Gasteiger partial charge < -0.3 is 16.2 Å². The molecule has 1 saturated heterocycles. The van der Waals surface area contributed by atoms with E-state index in [1.54, 1.807) is 24.4 Å². The number of hydrogen-bond donors (Lipinski definition) is 3. The van der Waals surface area contributed by atoms with Crippen LogP contribution in [0.4, 0.5) is 5.13 Å². The van der Waals surface area contributed by atoms with Gasteiger partial charge in [0.1, 0.15) is 16.8 Å². The van der Waals surface area contributed by atoms with Gasteiger partial charge in [-0.3, -0.25) is 14.5 Å². The van der Waals surface area contributed by atoms with E-state index >= 15 is 0 Å². The number of carboxylic acids is 1. The van der Waals surface area contributed by atoms with Crippen molar-refractivity contribution in [2.45, 2.75) is 36.0 Å². The Morgan fingerprint density at radius 1 is 1.42 bits per heavy atom. The number of nitrogen functional groups attached to an aromatic ring is 1. The lowest BCUT2D eigenvalue weighted by atomic mass is 9.86. The molecule has 2 aromatic heterocycles. The Kier molecular flexibility index (Phi) is 5.65. The van der Waals surface area contributed by atoms with E-state index < -0.39 is 35.9 Å². The molecule has 0 aliphatic carbocycles. The van der Waals surface area contributed by atoms with Crippen molar-refractivity contribution in [1.29, 1.82) is 0 Å². The molecule has 2 aliphatic heterocycles. The number of nitrogens with zero attached hydrogens (tertiary/aromatic N) is 5. The number of nitrogens with one attached hydrogen (secondary N) is 1. The van der Waals surface area contributed by atoms with Gasteiger partial charge in [-0.15, -0.1) is 4.91 Å². The molecule has 1 fully saturated rings. The number of β-lactam (4-membered cyclic amide) rings is 1. The highest BCUT2D eigenvalue weighted by atomic mass is 32.2.